The summed E-state index contributed by atoms with van der Waals surface area (Å²) in [6.45, 7) is 3.57. The van der Waals surface area contributed by atoms with Gasteiger partial charge in [0.25, 0.3) is 11.5 Å². The summed E-state index contributed by atoms with van der Waals surface area (Å²) in [7, 11) is 1.87. The van der Waals surface area contributed by atoms with Crippen molar-refractivity contribution in [2.45, 2.75) is 19.8 Å². The van der Waals surface area contributed by atoms with Crippen molar-refractivity contribution in [1.29, 1.82) is 0 Å². The van der Waals surface area contributed by atoms with Crippen LogP contribution in [0.1, 0.15) is 29.5 Å². The molecular formula is C28H29N9O2. The maximum absolute atomic E-state index is 13.4. The zero-order chi connectivity index (χ0) is 27.5. The van der Waals surface area contributed by atoms with E-state index in [0.29, 0.717) is 17.4 Å². The third kappa shape index (κ3) is 5.06. The first-order chi connectivity index (χ1) is 18.9. The summed E-state index contributed by atoms with van der Waals surface area (Å²) in [5.41, 5.74) is 14.5. The van der Waals surface area contributed by atoms with Gasteiger partial charge < -0.3 is 16.4 Å². The zero-order valence-corrected chi connectivity index (χ0v) is 21.8. The van der Waals surface area contributed by atoms with Crippen molar-refractivity contribution >= 4 is 28.6 Å². The number of hydrogen-bond donors (Lipinski definition) is 2. The molecule has 0 saturated carbocycles. The van der Waals surface area contributed by atoms with E-state index in [0.717, 1.165) is 47.7 Å². The monoisotopic (exact) mass is 523 g/mol. The predicted octanol–water partition coefficient (Wildman–Crippen LogP) is 2.84. The molecule has 0 unspecified atom stereocenters. The van der Waals surface area contributed by atoms with Crippen LogP contribution in [0.5, 0.6) is 0 Å². The molecule has 0 aliphatic carbocycles. The van der Waals surface area contributed by atoms with Crippen LogP contribution in [0.15, 0.2) is 71.9 Å². The molecule has 2 aromatic carbocycles. The molecule has 39 heavy (non-hydrogen) atoms. The fourth-order valence-corrected chi connectivity index (χ4v) is 4.42. The Balaban J connectivity index is 0.000000186. The van der Waals surface area contributed by atoms with Crippen molar-refractivity contribution in [1.82, 2.24) is 34.2 Å². The van der Waals surface area contributed by atoms with Gasteiger partial charge in [-0.25, -0.2) is 9.97 Å². The van der Waals surface area contributed by atoms with Crippen LogP contribution in [0.2, 0.25) is 0 Å². The third-order valence-corrected chi connectivity index (χ3v) is 6.52. The van der Waals surface area contributed by atoms with Crippen LogP contribution in [0, 0.1) is 0 Å². The SMILES string of the molecule is CCc1nc2cccc(-c3cnn(C)c3)c2c(=O)n1-c1ccccc1.Nc1ncc(C(=O)N2CCC2)c(N)n1. The molecule has 198 valence electrons. The molecule has 0 spiro atoms. The summed E-state index contributed by atoms with van der Waals surface area (Å²) >= 11 is 0. The number of likely N-dealkylation sites (tertiary alicyclic amines) is 1. The average Bonchev–Trinajstić information content (AvgIpc) is 3.34. The van der Waals surface area contributed by atoms with Gasteiger partial charge in [0.05, 0.1) is 22.8 Å². The van der Waals surface area contributed by atoms with Gasteiger partial charge in [0, 0.05) is 44.5 Å². The van der Waals surface area contributed by atoms with Crippen LogP contribution in [0.25, 0.3) is 27.7 Å². The van der Waals surface area contributed by atoms with Crippen molar-refractivity contribution in [2.24, 2.45) is 7.05 Å². The quantitative estimate of drug-likeness (QED) is 0.365. The van der Waals surface area contributed by atoms with Gasteiger partial charge in [0.2, 0.25) is 5.95 Å². The Hall–Kier alpha value is -5.06. The number of para-hydroxylation sites is 1. The number of aryl methyl sites for hydroxylation is 2. The highest BCUT2D eigenvalue weighted by Gasteiger charge is 2.24. The van der Waals surface area contributed by atoms with E-state index in [4.69, 9.17) is 16.5 Å². The minimum Gasteiger partial charge on any atom is -0.383 e. The van der Waals surface area contributed by atoms with E-state index in [-0.39, 0.29) is 23.2 Å². The van der Waals surface area contributed by atoms with Gasteiger partial charge in [-0.15, -0.1) is 0 Å². The minimum atomic E-state index is -0.117. The number of nitrogens with two attached hydrogens (primary N) is 2. The van der Waals surface area contributed by atoms with E-state index < -0.39 is 0 Å². The van der Waals surface area contributed by atoms with Crippen molar-refractivity contribution in [3.63, 3.8) is 0 Å². The summed E-state index contributed by atoms with van der Waals surface area (Å²) in [4.78, 5) is 39.0. The Morgan fingerprint density at radius 1 is 1.00 bits per heavy atom. The van der Waals surface area contributed by atoms with Gasteiger partial charge in [-0.3, -0.25) is 18.8 Å². The highest BCUT2D eigenvalue weighted by atomic mass is 16.2. The molecule has 5 aromatic rings. The predicted molar refractivity (Wildman–Crippen MR) is 150 cm³/mol. The summed E-state index contributed by atoms with van der Waals surface area (Å²) in [6.07, 6.45) is 6.78. The van der Waals surface area contributed by atoms with Crippen LogP contribution in [-0.4, -0.2) is 53.2 Å². The molecule has 1 amide bonds. The molecule has 3 aromatic heterocycles. The molecule has 1 aliphatic rings. The summed E-state index contributed by atoms with van der Waals surface area (Å²) < 4.78 is 3.44. The normalized spacial score (nSPS) is 12.5. The third-order valence-electron chi connectivity index (χ3n) is 6.52. The topological polar surface area (TPSA) is 151 Å². The number of nitrogen functional groups attached to an aromatic ring is 2. The van der Waals surface area contributed by atoms with Gasteiger partial charge >= 0.3 is 0 Å². The van der Waals surface area contributed by atoms with E-state index in [1.165, 1.54) is 6.20 Å². The number of fused-ring (bicyclic) bond motifs is 1. The number of rotatable bonds is 4. The second-order valence-electron chi connectivity index (χ2n) is 9.13. The lowest BCUT2D eigenvalue weighted by Gasteiger charge is -2.30. The Bertz CT molecular complexity index is 1710. The molecule has 0 atom stereocenters. The number of anilines is 2. The molecule has 11 nitrogen and oxygen atoms in total. The van der Waals surface area contributed by atoms with Gasteiger partial charge in [-0.1, -0.05) is 37.3 Å². The second kappa shape index (κ2) is 10.7. The number of carbonyl (C=O) groups is 1. The van der Waals surface area contributed by atoms with Crippen molar-refractivity contribution in [3.8, 4) is 16.8 Å². The fraction of sp³-hybridized carbons (Fsp3) is 0.214. The van der Waals surface area contributed by atoms with E-state index in [9.17, 15) is 9.59 Å². The molecule has 0 radical (unpaired) electrons. The molecule has 0 bridgehead atoms. The number of hydrogen-bond acceptors (Lipinski definition) is 8. The zero-order valence-electron chi connectivity index (χ0n) is 21.8. The second-order valence-corrected chi connectivity index (χ2v) is 9.13. The van der Waals surface area contributed by atoms with Crippen LogP contribution in [0.3, 0.4) is 0 Å². The number of amides is 1. The molecule has 11 heteroatoms. The van der Waals surface area contributed by atoms with Crippen molar-refractivity contribution in [3.05, 3.63) is 88.9 Å². The Labute approximate surface area is 224 Å². The van der Waals surface area contributed by atoms with Crippen LogP contribution < -0.4 is 17.0 Å². The average molecular weight is 524 g/mol. The summed E-state index contributed by atoms with van der Waals surface area (Å²) in [5, 5.41) is 4.85. The highest BCUT2D eigenvalue weighted by molar-refractivity contribution is 5.98. The van der Waals surface area contributed by atoms with Gasteiger partial charge in [0.1, 0.15) is 17.2 Å². The first kappa shape index (κ1) is 25.6. The number of nitrogens with zero attached hydrogens (tertiary/aromatic N) is 7. The van der Waals surface area contributed by atoms with Crippen LogP contribution in [0.4, 0.5) is 11.8 Å². The lowest BCUT2D eigenvalue weighted by atomic mass is 10.0. The number of carbonyl (C=O) groups excluding carboxylic acids is 1. The standard InChI is InChI=1S/C20H18N4O.C8H11N5O/c1-3-18-22-17-11-7-10-16(14-12-21-23(2)13-14)19(17)20(25)24(18)15-8-5-4-6-9-15;9-6-5(4-11-8(10)12-6)7(14)13-2-1-3-13/h4-13H,3H2,1-2H3;4H,1-3H2,(H4,9,10,11,12). The lowest BCUT2D eigenvalue weighted by Crippen LogP contribution is -2.42. The number of aromatic nitrogens is 6. The molecule has 1 aliphatic heterocycles. The van der Waals surface area contributed by atoms with Crippen molar-refractivity contribution < 1.29 is 4.79 Å². The first-order valence-electron chi connectivity index (χ1n) is 12.6. The molecule has 1 saturated heterocycles. The Morgan fingerprint density at radius 2 is 1.77 bits per heavy atom. The van der Waals surface area contributed by atoms with E-state index in [1.807, 2.05) is 68.7 Å². The molecule has 4 N–H and O–H groups in total. The van der Waals surface area contributed by atoms with E-state index in [1.54, 1.807) is 20.3 Å². The van der Waals surface area contributed by atoms with Crippen LogP contribution in [-0.2, 0) is 13.5 Å². The Kier molecular flexibility index (Phi) is 7.04. The Morgan fingerprint density at radius 3 is 2.38 bits per heavy atom. The summed E-state index contributed by atoms with van der Waals surface area (Å²) in [5.74, 6) is 0.873. The first-order valence-corrected chi connectivity index (χ1v) is 12.6. The molecule has 4 heterocycles. The van der Waals surface area contributed by atoms with Gasteiger partial charge in [-0.2, -0.15) is 10.1 Å². The van der Waals surface area contributed by atoms with E-state index >= 15 is 0 Å². The van der Waals surface area contributed by atoms with Gasteiger partial charge in [0.15, 0.2) is 0 Å². The highest BCUT2D eigenvalue weighted by Crippen LogP contribution is 2.26. The smallest absolute Gasteiger partial charge is 0.266 e. The maximum atomic E-state index is 13.4. The summed E-state index contributed by atoms with van der Waals surface area (Å²) in [6, 6.07) is 15.4. The molecular weight excluding hydrogens is 494 g/mol. The van der Waals surface area contributed by atoms with Crippen molar-refractivity contribution in [2.75, 3.05) is 24.6 Å². The van der Waals surface area contributed by atoms with E-state index in [2.05, 4.69) is 15.1 Å². The van der Waals surface area contributed by atoms with Gasteiger partial charge in [-0.05, 0) is 30.2 Å². The number of benzene rings is 2. The fourth-order valence-electron chi connectivity index (χ4n) is 4.42. The van der Waals surface area contributed by atoms with Crippen LogP contribution >= 0.6 is 0 Å². The maximum Gasteiger partial charge on any atom is 0.266 e. The largest absolute Gasteiger partial charge is 0.383 e. The molecule has 6 rings (SSSR count). The molecule has 1 fully saturated rings. The minimum absolute atomic E-state index is 0.0486. The lowest BCUT2D eigenvalue weighted by molar-refractivity contribution is 0.0652.